The number of aromatic nitrogens is 2. The fraction of sp³-hybridized carbons (Fsp3) is 0.733. The van der Waals surface area contributed by atoms with E-state index in [0.29, 0.717) is 18.0 Å². The molecule has 3 unspecified atom stereocenters. The van der Waals surface area contributed by atoms with Crippen LogP contribution < -0.4 is 5.32 Å². The van der Waals surface area contributed by atoms with E-state index in [2.05, 4.69) is 47.3 Å². The van der Waals surface area contributed by atoms with Gasteiger partial charge in [-0.2, -0.15) is 10.2 Å². The lowest BCUT2D eigenvalue weighted by Crippen LogP contribution is -2.53. The fourth-order valence-corrected chi connectivity index (χ4v) is 2.91. The summed E-state index contributed by atoms with van der Waals surface area (Å²) in [5, 5.41) is 11.8. The third kappa shape index (κ3) is 3.74. The summed E-state index contributed by atoms with van der Waals surface area (Å²) >= 11 is 0. The Morgan fingerprint density at radius 3 is 2.95 bits per heavy atom. The smallest absolute Gasteiger partial charge is 0.0771 e. The molecule has 1 aromatic rings. The van der Waals surface area contributed by atoms with Crippen LogP contribution in [0.1, 0.15) is 39.3 Å². The lowest BCUT2D eigenvalue weighted by atomic mass is 9.87. The molecule has 2 rings (SSSR count). The van der Waals surface area contributed by atoms with Crippen molar-refractivity contribution in [3.05, 3.63) is 24.0 Å². The molecule has 0 bridgehead atoms. The number of nitrogens with zero attached hydrogens (tertiary/aromatic N) is 3. The number of hydrogen-bond donors (Lipinski definition) is 1. The van der Waals surface area contributed by atoms with Gasteiger partial charge in [0, 0.05) is 31.4 Å². The van der Waals surface area contributed by atoms with Gasteiger partial charge in [-0.05, 0) is 44.4 Å². The molecule has 1 aliphatic rings. The molecular weight excluding hydrogens is 236 g/mol. The molecule has 0 spiro atoms. The molecule has 4 heteroatoms. The Kier molecular flexibility index (Phi) is 5.28. The fourth-order valence-electron chi connectivity index (χ4n) is 2.91. The first-order valence-corrected chi connectivity index (χ1v) is 7.46. The maximum Gasteiger partial charge on any atom is 0.0771 e. The zero-order valence-electron chi connectivity index (χ0n) is 12.3. The van der Waals surface area contributed by atoms with E-state index in [1.165, 1.54) is 12.8 Å². The van der Waals surface area contributed by atoms with Gasteiger partial charge in [-0.1, -0.05) is 13.8 Å². The molecule has 0 saturated carbocycles. The zero-order valence-corrected chi connectivity index (χ0v) is 12.3. The van der Waals surface area contributed by atoms with Crippen LogP contribution >= 0.6 is 0 Å². The van der Waals surface area contributed by atoms with Crippen molar-refractivity contribution in [1.82, 2.24) is 20.4 Å². The Balaban J connectivity index is 1.91. The first kappa shape index (κ1) is 14.4. The lowest BCUT2D eigenvalue weighted by molar-refractivity contribution is 0.0771. The standard InChI is InChI=1S/C15H26N4/c1-4-8-16-15-7-10-19(13(3)12(15)2)11-14-6-5-9-17-18-14/h5-6,9,12-13,15-16H,4,7-8,10-11H2,1-3H3. The average Bonchev–Trinajstić information content (AvgIpc) is 2.44. The van der Waals surface area contributed by atoms with Gasteiger partial charge in [0.25, 0.3) is 0 Å². The third-order valence-electron chi connectivity index (χ3n) is 4.35. The SMILES string of the molecule is CCCNC1CCN(Cc2cccnn2)C(C)C1C. The van der Waals surface area contributed by atoms with Gasteiger partial charge in [0.05, 0.1) is 5.69 Å². The minimum absolute atomic E-state index is 0.588. The van der Waals surface area contributed by atoms with Crippen molar-refractivity contribution >= 4 is 0 Å². The molecule has 1 aliphatic heterocycles. The van der Waals surface area contributed by atoms with E-state index in [1.54, 1.807) is 6.20 Å². The van der Waals surface area contributed by atoms with Gasteiger partial charge in [0.1, 0.15) is 0 Å². The minimum atomic E-state index is 0.588. The molecule has 1 N–H and O–H groups in total. The van der Waals surface area contributed by atoms with Gasteiger partial charge in [0.15, 0.2) is 0 Å². The van der Waals surface area contributed by atoms with E-state index in [1.807, 2.05) is 6.07 Å². The Hall–Kier alpha value is -1.00. The van der Waals surface area contributed by atoms with Crippen molar-refractivity contribution in [1.29, 1.82) is 0 Å². The molecule has 0 radical (unpaired) electrons. The van der Waals surface area contributed by atoms with E-state index >= 15 is 0 Å². The van der Waals surface area contributed by atoms with Crippen LogP contribution in [0.15, 0.2) is 18.3 Å². The van der Waals surface area contributed by atoms with Crippen LogP contribution in [0.5, 0.6) is 0 Å². The molecule has 106 valence electrons. The minimum Gasteiger partial charge on any atom is -0.314 e. The van der Waals surface area contributed by atoms with E-state index < -0.39 is 0 Å². The first-order chi connectivity index (χ1) is 9.22. The molecule has 1 saturated heterocycles. The quantitative estimate of drug-likeness (QED) is 0.882. The third-order valence-corrected chi connectivity index (χ3v) is 4.35. The second-order valence-electron chi connectivity index (χ2n) is 5.63. The Morgan fingerprint density at radius 2 is 2.26 bits per heavy atom. The summed E-state index contributed by atoms with van der Waals surface area (Å²) in [6.45, 7) is 10.1. The lowest BCUT2D eigenvalue weighted by Gasteiger charge is -2.43. The summed E-state index contributed by atoms with van der Waals surface area (Å²) in [5.74, 6) is 0.678. The van der Waals surface area contributed by atoms with E-state index in [0.717, 1.165) is 25.3 Å². The van der Waals surface area contributed by atoms with Gasteiger partial charge >= 0.3 is 0 Å². The van der Waals surface area contributed by atoms with Crippen LogP contribution in [-0.4, -0.2) is 40.3 Å². The highest BCUT2D eigenvalue weighted by atomic mass is 15.2. The Labute approximate surface area is 116 Å². The predicted molar refractivity (Wildman–Crippen MR) is 77.8 cm³/mol. The topological polar surface area (TPSA) is 41.0 Å². The number of hydrogen-bond acceptors (Lipinski definition) is 4. The molecule has 0 aliphatic carbocycles. The first-order valence-electron chi connectivity index (χ1n) is 7.46. The van der Waals surface area contributed by atoms with Crippen molar-refractivity contribution in [2.75, 3.05) is 13.1 Å². The van der Waals surface area contributed by atoms with Crippen molar-refractivity contribution in [2.45, 2.75) is 52.2 Å². The Morgan fingerprint density at radius 1 is 1.42 bits per heavy atom. The Bertz CT molecular complexity index is 368. The summed E-state index contributed by atoms with van der Waals surface area (Å²) in [4.78, 5) is 2.53. The number of likely N-dealkylation sites (tertiary alicyclic amines) is 1. The van der Waals surface area contributed by atoms with Gasteiger partial charge in [-0.3, -0.25) is 4.90 Å². The van der Waals surface area contributed by atoms with E-state index in [-0.39, 0.29) is 0 Å². The van der Waals surface area contributed by atoms with Crippen LogP contribution in [0.25, 0.3) is 0 Å². The molecule has 0 aromatic carbocycles. The second kappa shape index (κ2) is 6.96. The second-order valence-corrected chi connectivity index (χ2v) is 5.63. The van der Waals surface area contributed by atoms with Crippen LogP contribution in [0.4, 0.5) is 0 Å². The zero-order chi connectivity index (χ0) is 13.7. The van der Waals surface area contributed by atoms with Crippen LogP contribution in [0.2, 0.25) is 0 Å². The highest BCUT2D eigenvalue weighted by molar-refractivity contribution is 5.00. The van der Waals surface area contributed by atoms with Crippen molar-refractivity contribution in [2.24, 2.45) is 5.92 Å². The largest absolute Gasteiger partial charge is 0.314 e. The summed E-state index contributed by atoms with van der Waals surface area (Å²) in [7, 11) is 0. The molecule has 1 aromatic heterocycles. The molecule has 3 atom stereocenters. The van der Waals surface area contributed by atoms with E-state index in [9.17, 15) is 0 Å². The summed E-state index contributed by atoms with van der Waals surface area (Å²) < 4.78 is 0. The highest BCUT2D eigenvalue weighted by Crippen LogP contribution is 2.24. The molecule has 1 fully saturated rings. The monoisotopic (exact) mass is 262 g/mol. The summed E-state index contributed by atoms with van der Waals surface area (Å²) in [6, 6.07) is 5.27. The van der Waals surface area contributed by atoms with Crippen molar-refractivity contribution < 1.29 is 0 Å². The summed E-state index contributed by atoms with van der Waals surface area (Å²) in [5.41, 5.74) is 1.07. The average molecular weight is 262 g/mol. The van der Waals surface area contributed by atoms with Gasteiger partial charge in [0.2, 0.25) is 0 Å². The van der Waals surface area contributed by atoms with Crippen LogP contribution in [0, 0.1) is 5.92 Å². The maximum atomic E-state index is 4.19. The maximum absolute atomic E-state index is 4.19. The summed E-state index contributed by atoms with van der Waals surface area (Å²) in [6.07, 6.45) is 4.17. The molecule has 2 heterocycles. The molecule has 4 nitrogen and oxygen atoms in total. The predicted octanol–water partition coefficient (Wildman–Crippen LogP) is 2.08. The van der Waals surface area contributed by atoms with E-state index in [4.69, 9.17) is 0 Å². The molecule has 19 heavy (non-hydrogen) atoms. The van der Waals surface area contributed by atoms with Crippen LogP contribution in [-0.2, 0) is 6.54 Å². The molecule has 0 amide bonds. The number of rotatable bonds is 5. The van der Waals surface area contributed by atoms with Gasteiger partial charge in [-0.25, -0.2) is 0 Å². The van der Waals surface area contributed by atoms with Crippen LogP contribution in [0.3, 0.4) is 0 Å². The highest BCUT2D eigenvalue weighted by Gasteiger charge is 2.31. The van der Waals surface area contributed by atoms with Crippen molar-refractivity contribution in [3.8, 4) is 0 Å². The van der Waals surface area contributed by atoms with Gasteiger partial charge < -0.3 is 5.32 Å². The number of nitrogens with one attached hydrogen (secondary N) is 1. The van der Waals surface area contributed by atoms with Gasteiger partial charge in [-0.15, -0.1) is 0 Å². The normalized spacial score (nSPS) is 28.5. The number of piperidine rings is 1. The van der Waals surface area contributed by atoms with Crippen molar-refractivity contribution in [3.63, 3.8) is 0 Å². The molecular formula is C15H26N4.